The summed E-state index contributed by atoms with van der Waals surface area (Å²) in [7, 11) is 0. The van der Waals surface area contributed by atoms with Gasteiger partial charge in [0, 0.05) is 16.8 Å². The Morgan fingerprint density at radius 1 is 1.21 bits per heavy atom. The Bertz CT molecular complexity index is 801. The molecule has 0 aliphatic carbocycles. The maximum Gasteiger partial charge on any atom is 0.250 e. The lowest BCUT2D eigenvalue weighted by Gasteiger charge is -2.13. The van der Waals surface area contributed by atoms with Crippen molar-refractivity contribution >= 4 is 23.1 Å². The third-order valence-corrected chi connectivity index (χ3v) is 3.84. The smallest absolute Gasteiger partial charge is 0.250 e. The first-order valence-electron chi connectivity index (χ1n) is 7.40. The molecular formula is C18H17ClN2O3. The lowest BCUT2D eigenvalue weighted by Crippen LogP contribution is -2.07. The summed E-state index contributed by atoms with van der Waals surface area (Å²) < 4.78 is 0. The molecule has 0 aliphatic rings. The second-order valence-electron chi connectivity index (χ2n) is 5.51. The average Bonchev–Trinajstić information content (AvgIpc) is 2.54. The lowest BCUT2D eigenvalue weighted by atomic mass is 9.95. The van der Waals surface area contributed by atoms with E-state index >= 15 is 0 Å². The quantitative estimate of drug-likeness (QED) is 0.461. The van der Waals surface area contributed by atoms with Crippen molar-refractivity contribution in [3.63, 3.8) is 0 Å². The van der Waals surface area contributed by atoms with Crippen LogP contribution < -0.4 is 5.32 Å². The van der Waals surface area contributed by atoms with E-state index in [1.807, 2.05) is 19.9 Å². The van der Waals surface area contributed by atoms with Gasteiger partial charge in [-0.15, -0.1) is 0 Å². The van der Waals surface area contributed by atoms with E-state index in [1.165, 1.54) is 6.20 Å². The van der Waals surface area contributed by atoms with Gasteiger partial charge >= 0.3 is 0 Å². The van der Waals surface area contributed by atoms with Crippen molar-refractivity contribution in [3.8, 4) is 0 Å². The summed E-state index contributed by atoms with van der Waals surface area (Å²) in [4.78, 5) is 22.7. The van der Waals surface area contributed by atoms with E-state index in [2.05, 4.69) is 5.32 Å². The first-order valence-corrected chi connectivity index (χ1v) is 7.78. The van der Waals surface area contributed by atoms with E-state index in [-0.39, 0.29) is 11.7 Å². The molecule has 0 aromatic heterocycles. The molecule has 0 spiro atoms. The molecule has 0 fully saturated rings. The summed E-state index contributed by atoms with van der Waals surface area (Å²) in [5.74, 6) is 0.00580. The fraction of sp³-hybridized carbons (Fsp3) is 0.167. The van der Waals surface area contributed by atoms with Gasteiger partial charge < -0.3 is 5.32 Å². The monoisotopic (exact) mass is 344 g/mol. The van der Waals surface area contributed by atoms with Gasteiger partial charge in [0.15, 0.2) is 5.78 Å². The number of carbonyl (C=O) groups excluding carboxylic acids is 1. The van der Waals surface area contributed by atoms with Crippen LogP contribution in [0.4, 0.5) is 5.69 Å². The molecule has 1 N–H and O–H groups in total. The zero-order chi connectivity index (χ0) is 17.7. The van der Waals surface area contributed by atoms with Crippen LogP contribution in [-0.4, -0.2) is 10.7 Å². The van der Waals surface area contributed by atoms with Crippen LogP contribution in [0.1, 0.15) is 41.3 Å². The molecular weight excluding hydrogens is 328 g/mol. The molecule has 0 unspecified atom stereocenters. The van der Waals surface area contributed by atoms with Crippen molar-refractivity contribution in [1.29, 1.82) is 0 Å². The summed E-state index contributed by atoms with van der Waals surface area (Å²) in [5, 5.41) is 13.6. The number of ketones is 1. The molecule has 2 aromatic carbocycles. The van der Waals surface area contributed by atoms with Gasteiger partial charge in [0.25, 0.3) is 0 Å². The number of anilines is 1. The minimum absolute atomic E-state index is 0.236. The number of nitrogens with zero attached hydrogens (tertiary/aromatic N) is 1. The zero-order valence-electron chi connectivity index (χ0n) is 13.3. The highest BCUT2D eigenvalue weighted by atomic mass is 35.5. The number of nitro groups is 1. The third-order valence-electron chi connectivity index (χ3n) is 3.51. The van der Waals surface area contributed by atoms with Gasteiger partial charge in [0.2, 0.25) is 6.20 Å². The van der Waals surface area contributed by atoms with Gasteiger partial charge in [0.05, 0.1) is 16.1 Å². The van der Waals surface area contributed by atoms with Crippen molar-refractivity contribution < 1.29 is 9.72 Å². The van der Waals surface area contributed by atoms with Gasteiger partial charge in [0.1, 0.15) is 0 Å². The van der Waals surface area contributed by atoms with Crippen LogP contribution in [0.15, 0.2) is 54.9 Å². The van der Waals surface area contributed by atoms with E-state index in [9.17, 15) is 14.9 Å². The molecule has 5 nitrogen and oxygen atoms in total. The second-order valence-corrected chi connectivity index (χ2v) is 5.92. The molecule has 0 saturated carbocycles. The van der Waals surface area contributed by atoms with Crippen LogP contribution in [0, 0.1) is 10.1 Å². The highest BCUT2D eigenvalue weighted by Crippen LogP contribution is 2.27. The van der Waals surface area contributed by atoms with Crippen molar-refractivity contribution in [3.05, 3.63) is 86.7 Å². The molecule has 0 saturated heterocycles. The molecule has 0 amide bonds. The predicted octanol–water partition coefficient (Wildman–Crippen LogP) is 4.85. The molecule has 6 heteroatoms. The number of halogens is 1. The van der Waals surface area contributed by atoms with Crippen molar-refractivity contribution in [2.75, 3.05) is 5.32 Å². The van der Waals surface area contributed by atoms with Crippen LogP contribution in [0.5, 0.6) is 0 Å². The standard InChI is InChI=1S/C18H17ClN2O3/c1-12(2)13-7-8-17(20-9-10-21(23)24)15(11-13)18(22)14-5-3-4-6-16(14)19/h3-12,20H,1-2H3. The molecule has 0 radical (unpaired) electrons. The summed E-state index contributed by atoms with van der Waals surface area (Å²) in [6.45, 7) is 4.05. The fourth-order valence-corrected chi connectivity index (χ4v) is 2.43. The number of hydrogen-bond acceptors (Lipinski definition) is 4. The van der Waals surface area contributed by atoms with Crippen LogP contribution in [0.3, 0.4) is 0 Å². The Morgan fingerprint density at radius 3 is 2.54 bits per heavy atom. The normalized spacial score (nSPS) is 11.0. The average molecular weight is 345 g/mol. The molecule has 0 bridgehead atoms. The molecule has 0 aliphatic heterocycles. The minimum atomic E-state index is -0.578. The summed E-state index contributed by atoms with van der Waals surface area (Å²) in [6.07, 6.45) is 1.97. The van der Waals surface area contributed by atoms with Gasteiger partial charge in [-0.2, -0.15) is 0 Å². The summed E-state index contributed by atoms with van der Waals surface area (Å²) in [5.41, 5.74) is 2.29. The topological polar surface area (TPSA) is 72.2 Å². The number of benzene rings is 2. The molecule has 24 heavy (non-hydrogen) atoms. The van der Waals surface area contributed by atoms with Gasteiger partial charge in [-0.1, -0.05) is 43.6 Å². The largest absolute Gasteiger partial charge is 0.356 e. The maximum atomic E-state index is 12.9. The first kappa shape index (κ1) is 17.7. The molecule has 2 rings (SSSR count). The number of nitrogens with one attached hydrogen (secondary N) is 1. The highest BCUT2D eigenvalue weighted by Gasteiger charge is 2.17. The van der Waals surface area contributed by atoms with Crippen molar-refractivity contribution in [2.45, 2.75) is 19.8 Å². The van der Waals surface area contributed by atoms with Crippen LogP contribution >= 0.6 is 11.6 Å². The maximum absolute atomic E-state index is 12.9. The van der Waals surface area contributed by atoms with E-state index in [1.54, 1.807) is 36.4 Å². The van der Waals surface area contributed by atoms with Gasteiger partial charge in [-0.25, -0.2) is 0 Å². The molecule has 0 heterocycles. The van der Waals surface area contributed by atoms with E-state index in [4.69, 9.17) is 11.6 Å². The second kappa shape index (κ2) is 7.75. The number of rotatable bonds is 6. The van der Waals surface area contributed by atoms with E-state index in [0.29, 0.717) is 21.8 Å². The number of hydrogen-bond donors (Lipinski definition) is 1. The van der Waals surface area contributed by atoms with Crippen molar-refractivity contribution in [2.24, 2.45) is 0 Å². The number of carbonyl (C=O) groups is 1. The Hall–Kier alpha value is -2.66. The van der Waals surface area contributed by atoms with Gasteiger partial charge in [-0.3, -0.25) is 14.9 Å². The minimum Gasteiger partial charge on any atom is -0.356 e. The van der Waals surface area contributed by atoms with Gasteiger partial charge in [-0.05, 0) is 35.7 Å². The first-order chi connectivity index (χ1) is 11.4. The zero-order valence-corrected chi connectivity index (χ0v) is 14.1. The van der Waals surface area contributed by atoms with Crippen LogP contribution in [0.25, 0.3) is 0 Å². The van der Waals surface area contributed by atoms with E-state index in [0.717, 1.165) is 11.8 Å². The van der Waals surface area contributed by atoms with Crippen LogP contribution in [0.2, 0.25) is 5.02 Å². The summed E-state index contributed by atoms with van der Waals surface area (Å²) in [6, 6.07) is 12.2. The molecule has 0 atom stereocenters. The summed E-state index contributed by atoms with van der Waals surface area (Å²) >= 11 is 6.13. The Kier molecular flexibility index (Phi) is 5.71. The Balaban J connectivity index is 2.47. The fourth-order valence-electron chi connectivity index (χ4n) is 2.21. The predicted molar refractivity (Wildman–Crippen MR) is 95.2 cm³/mol. The SMILES string of the molecule is CC(C)c1ccc(NC=C[N+](=O)[O-])c(C(=O)c2ccccc2Cl)c1. The van der Waals surface area contributed by atoms with Crippen LogP contribution in [-0.2, 0) is 0 Å². The third kappa shape index (κ3) is 4.20. The Labute approximate surface area is 145 Å². The highest BCUT2D eigenvalue weighted by molar-refractivity contribution is 6.35. The Morgan fingerprint density at radius 2 is 1.92 bits per heavy atom. The van der Waals surface area contributed by atoms with Crippen molar-refractivity contribution in [1.82, 2.24) is 0 Å². The lowest BCUT2D eigenvalue weighted by molar-refractivity contribution is -0.402. The van der Waals surface area contributed by atoms with E-state index < -0.39 is 4.92 Å². The molecule has 124 valence electrons. The molecule has 2 aromatic rings.